The Labute approximate surface area is 84.5 Å². The van der Waals surface area contributed by atoms with Gasteiger partial charge in [0.15, 0.2) is 0 Å². The van der Waals surface area contributed by atoms with Crippen LogP contribution in [0, 0.1) is 0 Å². The van der Waals surface area contributed by atoms with Gasteiger partial charge in [-0.1, -0.05) is 5.16 Å². The Morgan fingerprint density at radius 3 is 2.86 bits per heavy atom. The van der Waals surface area contributed by atoms with Gasteiger partial charge < -0.3 is 9.94 Å². The Morgan fingerprint density at radius 2 is 2.14 bits per heavy atom. The SMILES string of the molecule is O/N=C1/CCCC(N2CCOCC2)C1. The Morgan fingerprint density at radius 1 is 1.36 bits per heavy atom. The van der Waals surface area contributed by atoms with Gasteiger partial charge in [-0.2, -0.15) is 0 Å². The van der Waals surface area contributed by atoms with Gasteiger partial charge in [0, 0.05) is 25.6 Å². The van der Waals surface area contributed by atoms with Crippen LogP contribution in [0.2, 0.25) is 0 Å². The standard InChI is InChI=1S/C10H18N2O2/c13-11-9-2-1-3-10(8-9)12-4-6-14-7-5-12/h10,13H,1-8H2/b11-9-. The first kappa shape index (κ1) is 9.93. The third kappa shape index (κ3) is 2.25. The zero-order chi connectivity index (χ0) is 9.80. The summed E-state index contributed by atoms with van der Waals surface area (Å²) in [6, 6.07) is 0.582. The van der Waals surface area contributed by atoms with Crippen LogP contribution < -0.4 is 0 Å². The van der Waals surface area contributed by atoms with Crippen molar-refractivity contribution in [1.29, 1.82) is 0 Å². The first-order valence-corrected chi connectivity index (χ1v) is 5.42. The fraction of sp³-hybridized carbons (Fsp3) is 0.900. The zero-order valence-electron chi connectivity index (χ0n) is 8.48. The molecule has 1 heterocycles. The van der Waals surface area contributed by atoms with E-state index in [4.69, 9.17) is 9.94 Å². The Balaban J connectivity index is 1.89. The molecule has 2 fully saturated rings. The van der Waals surface area contributed by atoms with Gasteiger partial charge in [0.1, 0.15) is 0 Å². The number of rotatable bonds is 1. The molecule has 0 aromatic carbocycles. The van der Waals surface area contributed by atoms with Crippen LogP contribution in [0.1, 0.15) is 25.7 Å². The number of hydrogen-bond acceptors (Lipinski definition) is 4. The van der Waals surface area contributed by atoms with Gasteiger partial charge >= 0.3 is 0 Å². The minimum absolute atomic E-state index is 0.582. The number of morpholine rings is 1. The van der Waals surface area contributed by atoms with Crippen molar-refractivity contribution in [3.63, 3.8) is 0 Å². The molecule has 2 aliphatic rings. The van der Waals surface area contributed by atoms with Gasteiger partial charge in [-0.3, -0.25) is 4.90 Å². The quantitative estimate of drug-likeness (QED) is 0.507. The highest BCUT2D eigenvalue weighted by Crippen LogP contribution is 2.21. The lowest BCUT2D eigenvalue weighted by Crippen LogP contribution is -2.45. The van der Waals surface area contributed by atoms with Crippen molar-refractivity contribution in [2.45, 2.75) is 31.7 Å². The van der Waals surface area contributed by atoms with Crippen molar-refractivity contribution < 1.29 is 9.94 Å². The minimum Gasteiger partial charge on any atom is -0.411 e. The monoisotopic (exact) mass is 198 g/mol. The molecule has 0 aromatic heterocycles. The van der Waals surface area contributed by atoms with Crippen LogP contribution in [0.5, 0.6) is 0 Å². The van der Waals surface area contributed by atoms with Crippen LogP contribution in [0.3, 0.4) is 0 Å². The van der Waals surface area contributed by atoms with E-state index < -0.39 is 0 Å². The smallest absolute Gasteiger partial charge is 0.0594 e. The third-order valence-corrected chi connectivity index (χ3v) is 3.18. The van der Waals surface area contributed by atoms with Crippen LogP contribution in [0.25, 0.3) is 0 Å². The molecule has 1 atom stereocenters. The summed E-state index contributed by atoms with van der Waals surface area (Å²) in [6.07, 6.45) is 4.30. The Kier molecular flexibility index (Phi) is 3.37. The molecule has 1 aliphatic heterocycles. The molecule has 80 valence electrons. The van der Waals surface area contributed by atoms with Crippen molar-refractivity contribution in [3.8, 4) is 0 Å². The lowest BCUT2D eigenvalue weighted by molar-refractivity contribution is 0.0144. The number of ether oxygens (including phenoxy) is 1. The van der Waals surface area contributed by atoms with Crippen molar-refractivity contribution >= 4 is 5.71 Å². The average molecular weight is 198 g/mol. The summed E-state index contributed by atoms with van der Waals surface area (Å²) in [5.74, 6) is 0. The molecule has 14 heavy (non-hydrogen) atoms. The highest BCUT2D eigenvalue weighted by molar-refractivity contribution is 5.85. The molecule has 1 aliphatic carbocycles. The summed E-state index contributed by atoms with van der Waals surface area (Å²) >= 11 is 0. The van der Waals surface area contributed by atoms with Crippen molar-refractivity contribution in [2.24, 2.45) is 5.16 Å². The van der Waals surface area contributed by atoms with Crippen molar-refractivity contribution in [1.82, 2.24) is 4.90 Å². The van der Waals surface area contributed by atoms with Gasteiger partial charge in [-0.25, -0.2) is 0 Å². The van der Waals surface area contributed by atoms with E-state index in [9.17, 15) is 0 Å². The maximum atomic E-state index is 8.75. The molecule has 0 aromatic rings. The van der Waals surface area contributed by atoms with Crippen LogP contribution >= 0.6 is 0 Å². The van der Waals surface area contributed by atoms with Crippen molar-refractivity contribution in [3.05, 3.63) is 0 Å². The molecule has 1 unspecified atom stereocenters. The van der Waals surface area contributed by atoms with E-state index in [1.165, 1.54) is 6.42 Å². The van der Waals surface area contributed by atoms with Gasteiger partial charge in [-0.05, 0) is 19.3 Å². The normalized spacial score (nSPS) is 33.4. The molecule has 0 amide bonds. The van der Waals surface area contributed by atoms with Gasteiger partial charge in [-0.15, -0.1) is 0 Å². The second-order valence-electron chi connectivity index (χ2n) is 4.06. The third-order valence-electron chi connectivity index (χ3n) is 3.18. The van der Waals surface area contributed by atoms with E-state index >= 15 is 0 Å². The van der Waals surface area contributed by atoms with E-state index in [2.05, 4.69) is 10.1 Å². The number of oxime groups is 1. The molecule has 1 N–H and O–H groups in total. The number of nitrogens with zero attached hydrogens (tertiary/aromatic N) is 2. The van der Waals surface area contributed by atoms with E-state index in [1.54, 1.807) is 0 Å². The average Bonchev–Trinajstić information content (AvgIpc) is 2.30. The molecule has 4 heteroatoms. The van der Waals surface area contributed by atoms with Crippen molar-refractivity contribution in [2.75, 3.05) is 26.3 Å². The highest BCUT2D eigenvalue weighted by Gasteiger charge is 2.25. The molecule has 0 bridgehead atoms. The molecule has 0 spiro atoms. The summed E-state index contributed by atoms with van der Waals surface area (Å²) in [4.78, 5) is 2.47. The lowest BCUT2D eigenvalue weighted by atomic mass is 9.92. The molecule has 2 rings (SSSR count). The molecular formula is C10H18N2O2. The lowest BCUT2D eigenvalue weighted by Gasteiger charge is -2.36. The Hall–Kier alpha value is -0.610. The summed E-state index contributed by atoms with van der Waals surface area (Å²) in [5.41, 5.74) is 0.966. The summed E-state index contributed by atoms with van der Waals surface area (Å²) in [6.45, 7) is 3.76. The van der Waals surface area contributed by atoms with E-state index in [0.29, 0.717) is 6.04 Å². The molecule has 0 radical (unpaired) electrons. The largest absolute Gasteiger partial charge is 0.411 e. The predicted molar refractivity (Wildman–Crippen MR) is 53.9 cm³/mol. The van der Waals surface area contributed by atoms with Crippen LogP contribution in [0.4, 0.5) is 0 Å². The maximum absolute atomic E-state index is 8.75. The maximum Gasteiger partial charge on any atom is 0.0594 e. The van der Waals surface area contributed by atoms with Gasteiger partial charge in [0.2, 0.25) is 0 Å². The van der Waals surface area contributed by atoms with Crippen LogP contribution in [-0.2, 0) is 4.74 Å². The molecule has 4 nitrogen and oxygen atoms in total. The van der Waals surface area contributed by atoms with Gasteiger partial charge in [0.25, 0.3) is 0 Å². The topological polar surface area (TPSA) is 45.1 Å². The minimum atomic E-state index is 0.582. The second-order valence-corrected chi connectivity index (χ2v) is 4.06. The Bertz CT molecular complexity index is 212. The molecule has 1 saturated heterocycles. The molecular weight excluding hydrogens is 180 g/mol. The predicted octanol–water partition coefficient (Wildman–Crippen LogP) is 1.09. The zero-order valence-corrected chi connectivity index (χ0v) is 8.48. The first-order chi connectivity index (χ1) is 6.90. The van der Waals surface area contributed by atoms with E-state index in [1.807, 2.05) is 0 Å². The fourth-order valence-corrected chi connectivity index (χ4v) is 2.36. The second kappa shape index (κ2) is 4.75. The van der Waals surface area contributed by atoms with Crippen LogP contribution in [-0.4, -0.2) is 48.2 Å². The summed E-state index contributed by atoms with van der Waals surface area (Å²) < 4.78 is 5.32. The molecule has 1 saturated carbocycles. The fourth-order valence-electron chi connectivity index (χ4n) is 2.36. The van der Waals surface area contributed by atoms with Gasteiger partial charge in [0.05, 0.1) is 18.9 Å². The van der Waals surface area contributed by atoms with E-state index in [-0.39, 0.29) is 0 Å². The van der Waals surface area contributed by atoms with Crippen LogP contribution in [0.15, 0.2) is 5.16 Å². The highest BCUT2D eigenvalue weighted by atomic mass is 16.5. The summed E-state index contributed by atoms with van der Waals surface area (Å²) in [7, 11) is 0. The number of hydrogen-bond donors (Lipinski definition) is 1. The first-order valence-electron chi connectivity index (χ1n) is 5.42. The summed E-state index contributed by atoms with van der Waals surface area (Å²) in [5, 5.41) is 12.1. The van der Waals surface area contributed by atoms with E-state index in [0.717, 1.165) is 51.3 Å².